The van der Waals surface area contributed by atoms with Gasteiger partial charge < -0.3 is 9.64 Å². The van der Waals surface area contributed by atoms with Crippen LogP contribution < -0.4 is 0 Å². The van der Waals surface area contributed by atoms with Crippen LogP contribution in [0.5, 0.6) is 0 Å². The summed E-state index contributed by atoms with van der Waals surface area (Å²) >= 11 is 0. The van der Waals surface area contributed by atoms with Crippen LogP contribution >= 0.6 is 0 Å². The fourth-order valence-corrected chi connectivity index (χ4v) is 6.97. The first-order valence-electron chi connectivity index (χ1n) is 12.3. The van der Waals surface area contributed by atoms with Gasteiger partial charge in [0.25, 0.3) is 10.2 Å². The van der Waals surface area contributed by atoms with Crippen LogP contribution in [0.1, 0.15) is 32.3 Å². The van der Waals surface area contributed by atoms with E-state index in [0.717, 1.165) is 32.4 Å². The lowest BCUT2D eigenvalue weighted by atomic mass is 9.90. The van der Waals surface area contributed by atoms with Gasteiger partial charge in [-0.25, -0.2) is 0 Å². The Balaban J connectivity index is 1.20. The Morgan fingerprint density at radius 1 is 0.909 bits per heavy atom. The van der Waals surface area contributed by atoms with Crippen molar-refractivity contribution in [2.75, 3.05) is 58.9 Å². The highest BCUT2D eigenvalue weighted by atomic mass is 32.2. The molecule has 3 heterocycles. The molecule has 0 saturated carbocycles. The van der Waals surface area contributed by atoms with Crippen LogP contribution in [0, 0.1) is 5.92 Å². The standard InChI is InChI=1S/C24H38N4O4S/c1-20-17-28(18-21(2)32-20)33(30,31)27-14-12-25(13-15-27)19-24(29)26-10-8-23(9-11-26)16-22-6-4-3-5-7-22/h3-7,20-21,23H,8-19H2,1-2H3/t20-,21+. The van der Waals surface area contributed by atoms with Crippen molar-refractivity contribution in [3.63, 3.8) is 0 Å². The Bertz CT molecular complexity index is 871. The lowest BCUT2D eigenvalue weighted by Gasteiger charge is -2.40. The number of morpholine rings is 1. The molecule has 0 bridgehead atoms. The second-order valence-corrected chi connectivity index (χ2v) is 11.7. The summed E-state index contributed by atoms with van der Waals surface area (Å²) in [5.74, 6) is 0.802. The zero-order chi connectivity index (χ0) is 23.4. The van der Waals surface area contributed by atoms with Gasteiger partial charge in [0.1, 0.15) is 0 Å². The second kappa shape index (κ2) is 10.8. The molecule has 1 aromatic carbocycles. The van der Waals surface area contributed by atoms with Crippen molar-refractivity contribution in [2.45, 2.75) is 45.3 Å². The molecule has 184 valence electrons. The smallest absolute Gasteiger partial charge is 0.282 e. The van der Waals surface area contributed by atoms with Crippen LogP contribution in [0.2, 0.25) is 0 Å². The first kappa shape index (κ1) is 24.6. The molecule has 4 rings (SSSR count). The van der Waals surface area contributed by atoms with E-state index in [1.54, 1.807) is 8.61 Å². The van der Waals surface area contributed by atoms with E-state index in [9.17, 15) is 13.2 Å². The molecule has 9 heteroatoms. The number of carbonyl (C=O) groups excluding carboxylic acids is 1. The molecular formula is C24H38N4O4S. The molecule has 0 N–H and O–H groups in total. The van der Waals surface area contributed by atoms with E-state index >= 15 is 0 Å². The van der Waals surface area contributed by atoms with Gasteiger partial charge in [-0.2, -0.15) is 17.0 Å². The summed E-state index contributed by atoms with van der Waals surface area (Å²) in [6, 6.07) is 10.6. The maximum Gasteiger partial charge on any atom is 0.282 e. The molecule has 2 atom stereocenters. The van der Waals surface area contributed by atoms with E-state index in [0.29, 0.717) is 51.7 Å². The molecule has 3 saturated heterocycles. The minimum atomic E-state index is -3.49. The lowest BCUT2D eigenvalue weighted by molar-refractivity contribution is -0.134. The van der Waals surface area contributed by atoms with Crippen molar-refractivity contribution >= 4 is 16.1 Å². The van der Waals surface area contributed by atoms with E-state index in [4.69, 9.17) is 4.74 Å². The van der Waals surface area contributed by atoms with Gasteiger partial charge in [-0.15, -0.1) is 0 Å². The fraction of sp³-hybridized carbons (Fsp3) is 0.708. The van der Waals surface area contributed by atoms with Gasteiger partial charge in [0.2, 0.25) is 5.91 Å². The van der Waals surface area contributed by atoms with E-state index < -0.39 is 10.2 Å². The number of ether oxygens (including phenoxy) is 1. The highest BCUT2D eigenvalue weighted by Crippen LogP contribution is 2.22. The molecule has 0 unspecified atom stereocenters. The highest BCUT2D eigenvalue weighted by Gasteiger charge is 2.37. The maximum absolute atomic E-state index is 13.1. The topological polar surface area (TPSA) is 73.4 Å². The molecular weight excluding hydrogens is 440 g/mol. The van der Waals surface area contributed by atoms with Crippen molar-refractivity contribution in [3.05, 3.63) is 35.9 Å². The Hall–Kier alpha value is -1.52. The number of piperazine rings is 1. The van der Waals surface area contributed by atoms with E-state index in [2.05, 4.69) is 29.2 Å². The number of hydrogen-bond donors (Lipinski definition) is 0. The molecule has 0 aromatic heterocycles. The number of benzene rings is 1. The van der Waals surface area contributed by atoms with Gasteiger partial charge in [0, 0.05) is 52.4 Å². The van der Waals surface area contributed by atoms with E-state index in [1.807, 2.05) is 24.8 Å². The quantitative estimate of drug-likeness (QED) is 0.619. The van der Waals surface area contributed by atoms with Crippen molar-refractivity contribution < 1.29 is 17.9 Å². The van der Waals surface area contributed by atoms with Crippen molar-refractivity contribution in [3.8, 4) is 0 Å². The number of piperidine rings is 1. The lowest BCUT2D eigenvalue weighted by Crippen LogP contribution is -2.58. The fourth-order valence-electron chi connectivity index (χ4n) is 5.23. The molecule has 0 radical (unpaired) electrons. The predicted octanol–water partition coefficient (Wildman–Crippen LogP) is 1.44. The van der Waals surface area contributed by atoms with E-state index in [1.165, 1.54) is 5.56 Å². The summed E-state index contributed by atoms with van der Waals surface area (Å²) in [5.41, 5.74) is 1.37. The maximum atomic E-state index is 13.1. The molecule has 0 aliphatic carbocycles. The molecule has 1 aromatic rings. The zero-order valence-corrected chi connectivity index (χ0v) is 20.8. The zero-order valence-electron chi connectivity index (χ0n) is 19.9. The number of nitrogens with zero attached hydrogens (tertiary/aromatic N) is 4. The number of carbonyl (C=O) groups is 1. The van der Waals surface area contributed by atoms with Crippen LogP contribution in [-0.4, -0.2) is 104 Å². The Labute approximate surface area is 198 Å². The molecule has 0 spiro atoms. The third kappa shape index (κ3) is 6.33. The first-order chi connectivity index (χ1) is 15.8. The van der Waals surface area contributed by atoms with Gasteiger partial charge in [-0.05, 0) is 44.6 Å². The predicted molar refractivity (Wildman–Crippen MR) is 128 cm³/mol. The molecule has 3 fully saturated rings. The van der Waals surface area contributed by atoms with Crippen molar-refractivity contribution in [1.82, 2.24) is 18.4 Å². The van der Waals surface area contributed by atoms with Crippen LogP contribution in [0.4, 0.5) is 0 Å². The van der Waals surface area contributed by atoms with Crippen LogP contribution in [0.3, 0.4) is 0 Å². The number of rotatable bonds is 6. The number of likely N-dealkylation sites (tertiary alicyclic amines) is 1. The van der Waals surface area contributed by atoms with Crippen LogP contribution in [0.15, 0.2) is 30.3 Å². The first-order valence-corrected chi connectivity index (χ1v) is 13.7. The third-order valence-corrected chi connectivity index (χ3v) is 9.03. The minimum Gasteiger partial charge on any atom is -0.373 e. The minimum absolute atomic E-state index is 0.0979. The van der Waals surface area contributed by atoms with Crippen molar-refractivity contribution in [2.24, 2.45) is 5.92 Å². The summed E-state index contributed by atoms with van der Waals surface area (Å²) < 4.78 is 34.9. The molecule has 3 aliphatic heterocycles. The Kier molecular flexibility index (Phi) is 8.07. The number of hydrogen-bond acceptors (Lipinski definition) is 5. The Morgan fingerprint density at radius 3 is 2.12 bits per heavy atom. The summed E-state index contributed by atoms with van der Waals surface area (Å²) in [6.07, 6.45) is 2.98. The molecule has 33 heavy (non-hydrogen) atoms. The Morgan fingerprint density at radius 2 is 1.52 bits per heavy atom. The third-order valence-electron chi connectivity index (χ3n) is 7.06. The van der Waals surface area contributed by atoms with Gasteiger partial charge in [0.15, 0.2) is 0 Å². The normalized spacial score (nSPS) is 27.0. The van der Waals surface area contributed by atoms with Gasteiger partial charge in [-0.1, -0.05) is 30.3 Å². The summed E-state index contributed by atoms with van der Waals surface area (Å²) in [6.45, 7) is 8.65. The van der Waals surface area contributed by atoms with Crippen molar-refractivity contribution in [1.29, 1.82) is 0 Å². The average molecular weight is 479 g/mol. The van der Waals surface area contributed by atoms with Gasteiger partial charge in [-0.3, -0.25) is 9.69 Å². The molecule has 3 aliphatic rings. The SMILES string of the molecule is C[C@@H]1CN(S(=O)(=O)N2CCN(CC(=O)N3CCC(Cc4ccccc4)CC3)CC2)C[C@H](C)O1. The van der Waals surface area contributed by atoms with Crippen LogP contribution in [0.25, 0.3) is 0 Å². The highest BCUT2D eigenvalue weighted by molar-refractivity contribution is 7.86. The van der Waals surface area contributed by atoms with Gasteiger partial charge in [0.05, 0.1) is 18.8 Å². The summed E-state index contributed by atoms with van der Waals surface area (Å²) in [7, 11) is -3.49. The van der Waals surface area contributed by atoms with Crippen LogP contribution in [-0.2, 0) is 26.2 Å². The second-order valence-electron chi connectivity index (χ2n) is 9.77. The molecule has 8 nitrogen and oxygen atoms in total. The average Bonchev–Trinajstić information content (AvgIpc) is 2.80. The van der Waals surface area contributed by atoms with E-state index in [-0.39, 0.29) is 18.1 Å². The monoisotopic (exact) mass is 478 g/mol. The number of amides is 1. The van der Waals surface area contributed by atoms with Gasteiger partial charge >= 0.3 is 0 Å². The molecule has 1 amide bonds. The summed E-state index contributed by atoms with van der Waals surface area (Å²) in [4.78, 5) is 16.9. The summed E-state index contributed by atoms with van der Waals surface area (Å²) in [5, 5.41) is 0. The largest absolute Gasteiger partial charge is 0.373 e.